The molecule has 2 rings (SSSR count). The number of ether oxygens (including phenoxy) is 2. The molecule has 0 aliphatic rings. The van der Waals surface area contributed by atoms with Crippen molar-refractivity contribution in [3.05, 3.63) is 52.2 Å². The molecule has 0 radical (unpaired) electrons. The second-order valence-electron chi connectivity index (χ2n) is 5.16. The molecule has 0 bridgehead atoms. The van der Waals surface area contributed by atoms with Gasteiger partial charge in [0.2, 0.25) is 0 Å². The van der Waals surface area contributed by atoms with Crippen molar-refractivity contribution < 1.29 is 14.4 Å². The Labute approximate surface area is 134 Å². The molecule has 0 atom stereocenters. The molecule has 0 saturated heterocycles. The topological polar surface area (TPSA) is 86.5 Å². The highest BCUT2D eigenvalue weighted by atomic mass is 16.6. The maximum atomic E-state index is 10.6. The van der Waals surface area contributed by atoms with Crippen LogP contribution in [0.5, 0.6) is 11.5 Å². The predicted molar refractivity (Wildman–Crippen MR) is 87.0 cm³/mol. The largest absolute Gasteiger partial charge is 0.493 e. The van der Waals surface area contributed by atoms with Crippen LogP contribution in [-0.4, -0.2) is 23.1 Å². The zero-order valence-electron chi connectivity index (χ0n) is 13.3. The van der Waals surface area contributed by atoms with E-state index in [-0.39, 0.29) is 11.8 Å². The third-order valence-corrected chi connectivity index (χ3v) is 3.02. The maximum Gasteiger partial charge on any atom is 0.287 e. The quantitative estimate of drug-likeness (QED) is 0.622. The van der Waals surface area contributed by atoms with Crippen LogP contribution < -0.4 is 14.8 Å². The van der Waals surface area contributed by atoms with E-state index in [2.05, 4.69) is 10.3 Å². The van der Waals surface area contributed by atoms with Gasteiger partial charge >= 0.3 is 0 Å². The second-order valence-corrected chi connectivity index (χ2v) is 5.16. The Morgan fingerprint density at radius 3 is 2.61 bits per heavy atom. The van der Waals surface area contributed by atoms with Gasteiger partial charge in [0, 0.05) is 12.6 Å². The highest BCUT2D eigenvalue weighted by Crippen LogP contribution is 2.29. The minimum Gasteiger partial charge on any atom is -0.493 e. The van der Waals surface area contributed by atoms with Gasteiger partial charge in [-0.05, 0) is 37.6 Å². The summed E-state index contributed by atoms with van der Waals surface area (Å²) in [5, 5.41) is 13.7. The van der Waals surface area contributed by atoms with Crippen molar-refractivity contribution in [2.75, 3.05) is 12.4 Å². The minimum absolute atomic E-state index is 0.0348. The Morgan fingerprint density at radius 2 is 2.04 bits per heavy atom. The Hall–Kier alpha value is -2.83. The van der Waals surface area contributed by atoms with Crippen LogP contribution >= 0.6 is 0 Å². The van der Waals surface area contributed by atoms with E-state index < -0.39 is 4.92 Å². The molecule has 1 aromatic carbocycles. The average Bonchev–Trinajstić information content (AvgIpc) is 2.53. The van der Waals surface area contributed by atoms with Gasteiger partial charge in [-0.1, -0.05) is 6.07 Å². The van der Waals surface area contributed by atoms with Gasteiger partial charge in [0.15, 0.2) is 11.5 Å². The molecule has 0 aliphatic heterocycles. The van der Waals surface area contributed by atoms with Crippen LogP contribution in [0.25, 0.3) is 0 Å². The number of hydrogen-bond acceptors (Lipinski definition) is 6. The van der Waals surface area contributed by atoms with Gasteiger partial charge in [-0.25, -0.2) is 4.98 Å². The first-order chi connectivity index (χ1) is 11.0. The predicted octanol–water partition coefficient (Wildman–Crippen LogP) is 3.40. The minimum atomic E-state index is -0.477. The maximum absolute atomic E-state index is 10.6. The molecule has 0 aliphatic carbocycles. The van der Waals surface area contributed by atoms with E-state index in [9.17, 15) is 10.1 Å². The number of benzene rings is 1. The Kier molecular flexibility index (Phi) is 5.35. The van der Waals surface area contributed by atoms with Gasteiger partial charge in [-0.3, -0.25) is 10.1 Å². The third-order valence-electron chi connectivity index (χ3n) is 3.02. The molecule has 122 valence electrons. The molecule has 2 aromatic rings. The first-order valence-corrected chi connectivity index (χ1v) is 7.17. The number of nitro groups is 1. The van der Waals surface area contributed by atoms with Crippen molar-refractivity contribution in [3.63, 3.8) is 0 Å². The van der Waals surface area contributed by atoms with Crippen LogP contribution in [0.4, 0.5) is 11.5 Å². The van der Waals surface area contributed by atoms with Crippen molar-refractivity contribution in [1.29, 1.82) is 0 Å². The number of pyridine rings is 1. The standard InChI is InChI=1S/C16H19N3O4/c1-11(2)23-14-6-4-12(8-15(14)22-3)9-17-16-7-5-13(10-18-16)19(20)21/h4-8,10-11H,9H2,1-3H3,(H,17,18). The number of nitrogens with one attached hydrogen (secondary N) is 1. The average molecular weight is 317 g/mol. The molecule has 23 heavy (non-hydrogen) atoms. The number of aromatic nitrogens is 1. The molecule has 0 fully saturated rings. The van der Waals surface area contributed by atoms with Crippen molar-refractivity contribution in [3.8, 4) is 11.5 Å². The Balaban J connectivity index is 2.04. The summed E-state index contributed by atoms with van der Waals surface area (Å²) in [6.45, 7) is 4.42. The first-order valence-electron chi connectivity index (χ1n) is 7.17. The lowest BCUT2D eigenvalue weighted by Crippen LogP contribution is -2.07. The summed E-state index contributed by atoms with van der Waals surface area (Å²) in [5.74, 6) is 1.92. The molecule has 0 amide bonds. The van der Waals surface area contributed by atoms with E-state index in [0.717, 1.165) is 5.56 Å². The van der Waals surface area contributed by atoms with E-state index >= 15 is 0 Å². The van der Waals surface area contributed by atoms with Crippen LogP contribution in [0.15, 0.2) is 36.5 Å². The molecule has 0 spiro atoms. The highest BCUT2D eigenvalue weighted by molar-refractivity contribution is 5.45. The zero-order valence-corrected chi connectivity index (χ0v) is 13.3. The van der Waals surface area contributed by atoms with Gasteiger partial charge in [-0.2, -0.15) is 0 Å². The zero-order chi connectivity index (χ0) is 16.8. The molecule has 1 heterocycles. The first kappa shape index (κ1) is 16.5. The lowest BCUT2D eigenvalue weighted by molar-refractivity contribution is -0.385. The number of rotatable bonds is 7. The fraction of sp³-hybridized carbons (Fsp3) is 0.312. The van der Waals surface area contributed by atoms with E-state index in [4.69, 9.17) is 9.47 Å². The SMILES string of the molecule is COc1cc(CNc2ccc([N+](=O)[O-])cn2)ccc1OC(C)C. The molecular weight excluding hydrogens is 298 g/mol. The Bertz CT molecular complexity index is 672. The van der Waals surface area contributed by atoms with Crippen molar-refractivity contribution >= 4 is 11.5 Å². The fourth-order valence-corrected chi connectivity index (χ4v) is 1.96. The van der Waals surface area contributed by atoms with Crippen molar-refractivity contribution in [2.24, 2.45) is 0 Å². The van der Waals surface area contributed by atoms with Gasteiger partial charge in [0.25, 0.3) is 5.69 Å². The monoisotopic (exact) mass is 317 g/mol. The van der Waals surface area contributed by atoms with E-state index in [1.807, 2.05) is 32.0 Å². The lowest BCUT2D eigenvalue weighted by Gasteiger charge is -2.14. The summed E-state index contributed by atoms with van der Waals surface area (Å²) in [4.78, 5) is 14.1. The van der Waals surface area contributed by atoms with Crippen LogP contribution in [0.3, 0.4) is 0 Å². The smallest absolute Gasteiger partial charge is 0.287 e. The van der Waals surface area contributed by atoms with E-state index in [1.54, 1.807) is 13.2 Å². The number of anilines is 1. The number of hydrogen-bond donors (Lipinski definition) is 1. The number of nitrogens with zero attached hydrogens (tertiary/aromatic N) is 2. The van der Waals surface area contributed by atoms with Crippen LogP contribution in [0.1, 0.15) is 19.4 Å². The van der Waals surface area contributed by atoms with Crippen LogP contribution in [-0.2, 0) is 6.54 Å². The highest BCUT2D eigenvalue weighted by Gasteiger charge is 2.08. The second kappa shape index (κ2) is 7.44. The summed E-state index contributed by atoms with van der Waals surface area (Å²) >= 11 is 0. The molecule has 0 saturated carbocycles. The van der Waals surface area contributed by atoms with Crippen LogP contribution in [0, 0.1) is 10.1 Å². The van der Waals surface area contributed by atoms with Gasteiger partial charge in [-0.15, -0.1) is 0 Å². The van der Waals surface area contributed by atoms with Gasteiger partial charge in [0.05, 0.1) is 18.1 Å². The lowest BCUT2D eigenvalue weighted by atomic mass is 10.2. The normalized spacial score (nSPS) is 10.4. The van der Waals surface area contributed by atoms with Crippen LogP contribution in [0.2, 0.25) is 0 Å². The molecule has 1 N–H and O–H groups in total. The summed E-state index contributed by atoms with van der Waals surface area (Å²) < 4.78 is 11.0. The molecular formula is C16H19N3O4. The molecule has 1 aromatic heterocycles. The van der Waals surface area contributed by atoms with Gasteiger partial charge < -0.3 is 14.8 Å². The summed E-state index contributed by atoms with van der Waals surface area (Å²) in [7, 11) is 1.59. The fourth-order valence-electron chi connectivity index (χ4n) is 1.96. The number of methoxy groups -OCH3 is 1. The molecule has 7 nitrogen and oxygen atoms in total. The molecule has 0 unspecified atom stereocenters. The summed E-state index contributed by atoms with van der Waals surface area (Å²) in [6, 6.07) is 8.66. The molecule has 7 heteroatoms. The van der Waals surface area contributed by atoms with Gasteiger partial charge in [0.1, 0.15) is 12.0 Å². The third kappa shape index (κ3) is 4.57. The summed E-state index contributed by atoms with van der Waals surface area (Å²) in [5.41, 5.74) is 0.950. The Morgan fingerprint density at radius 1 is 1.26 bits per heavy atom. The van der Waals surface area contributed by atoms with E-state index in [1.165, 1.54) is 12.3 Å². The van der Waals surface area contributed by atoms with E-state index in [0.29, 0.717) is 23.9 Å². The van der Waals surface area contributed by atoms with Crippen molar-refractivity contribution in [2.45, 2.75) is 26.5 Å². The summed E-state index contributed by atoms with van der Waals surface area (Å²) in [6.07, 6.45) is 1.29. The van der Waals surface area contributed by atoms with Crippen molar-refractivity contribution in [1.82, 2.24) is 4.98 Å².